The van der Waals surface area contributed by atoms with Crippen molar-refractivity contribution in [3.63, 3.8) is 0 Å². The lowest BCUT2D eigenvalue weighted by atomic mass is 10.2. The average Bonchev–Trinajstić information content (AvgIpc) is 2.93. The van der Waals surface area contributed by atoms with Crippen molar-refractivity contribution in [3.8, 4) is 0 Å². The minimum Gasteiger partial charge on any atom is -0.370 e. The maximum Gasteiger partial charge on any atom is 0.262 e. The van der Waals surface area contributed by atoms with Gasteiger partial charge in [0.25, 0.3) is 5.92 Å². The van der Waals surface area contributed by atoms with Crippen LogP contribution in [0.3, 0.4) is 0 Å². The summed E-state index contributed by atoms with van der Waals surface area (Å²) in [5.74, 6) is -1.99. The van der Waals surface area contributed by atoms with Crippen LogP contribution in [0.5, 0.6) is 0 Å². The molecular weight excluding hydrogens is 232 g/mol. The molecule has 94 valence electrons. The van der Waals surface area contributed by atoms with E-state index in [2.05, 4.69) is 15.5 Å². The Bertz CT molecular complexity index is 404. The van der Waals surface area contributed by atoms with E-state index in [0.717, 1.165) is 12.8 Å². The van der Waals surface area contributed by atoms with Crippen molar-refractivity contribution < 1.29 is 18.0 Å². The van der Waals surface area contributed by atoms with Gasteiger partial charge in [0.05, 0.1) is 12.6 Å². The predicted molar refractivity (Wildman–Crippen MR) is 52.5 cm³/mol. The van der Waals surface area contributed by atoms with E-state index in [1.54, 1.807) is 0 Å². The number of nitrogens with one attached hydrogen (secondary N) is 1. The molecule has 3 rings (SSSR count). The molecule has 1 aromatic heterocycles. The third kappa shape index (κ3) is 2.16. The zero-order chi connectivity index (χ0) is 11.9. The average molecular weight is 245 g/mol. The van der Waals surface area contributed by atoms with Crippen LogP contribution in [-0.2, 0) is 4.74 Å². The fraction of sp³-hybridized carbons (Fsp3) is 0.800. The van der Waals surface area contributed by atoms with Crippen molar-refractivity contribution in [3.05, 3.63) is 11.7 Å². The second-order valence-electron chi connectivity index (χ2n) is 4.49. The van der Waals surface area contributed by atoms with Crippen molar-refractivity contribution in [2.45, 2.75) is 37.3 Å². The van der Waals surface area contributed by atoms with Gasteiger partial charge in [0, 0.05) is 13.0 Å². The predicted octanol–water partition coefficient (Wildman–Crippen LogP) is 1.59. The zero-order valence-corrected chi connectivity index (χ0v) is 9.16. The quantitative estimate of drug-likeness (QED) is 0.857. The summed E-state index contributed by atoms with van der Waals surface area (Å²) in [6, 6.07) is -0.548. The van der Waals surface area contributed by atoms with Crippen molar-refractivity contribution in [1.29, 1.82) is 0 Å². The molecule has 0 aliphatic carbocycles. The molecule has 0 amide bonds. The molecular formula is C10H13F2N3O2. The fourth-order valence-electron chi connectivity index (χ4n) is 2.19. The van der Waals surface area contributed by atoms with Gasteiger partial charge in [-0.3, -0.25) is 5.32 Å². The summed E-state index contributed by atoms with van der Waals surface area (Å²) in [6.07, 6.45) is 1.39. The number of halogens is 2. The first-order valence-corrected chi connectivity index (χ1v) is 5.70. The number of alkyl halides is 2. The van der Waals surface area contributed by atoms with Crippen LogP contribution in [0, 0.1) is 0 Å². The molecule has 2 saturated heterocycles. The highest BCUT2D eigenvalue weighted by atomic mass is 19.3. The van der Waals surface area contributed by atoms with E-state index in [1.807, 2.05) is 0 Å². The summed E-state index contributed by atoms with van der Waals surface area (Å²) in [6.45, 7) is 0.351. The molecule has 1 N–H and O–H groups in total. The Morgan fingerprint density at radius 3 is 2.94 bits per heavy atom. The van der Waals surface area contributed by atoms with Crippen molar-refractivity contribution in [2.75, 3.05) is 13.2 Å². The summed E-state index contributed by atoms with van der Waals surface area (Å²) in [7, 11) is 0. The minimum atomic E-state index is -2.69. The van der Waals surface area contributed by atoms with E-state index < -0.39 is 12.0 Å². The van der Waals surface area contributed by atoms with Crippen LogP contribution in [0.1, 0.15) is 43.1 Å². The van der Waals surface area contributed by atoms with Crippen LogP contribution < -0.4 is 5.32 Å². The summed E-state index contributed by atoms with van der Waals surface area (Å²) >= 11 is 0. The summed E-state index contributed by atoms with van der Waals surface area (Å²) in [4.78, 5) is 4.14. The van der Waals surface area contributed by atoms with E-state index in [1.165, 1.54) is 0 Å². The zero-order valence-electron chi connectivity index (χ0n) is 9.16. The summed E-state index contributed by atoms with van der Waals surface area (Å²) in [5.41, 5.74) is 0. The molecule has 2 aliphatic heterocycles. The first-order chi connectivity index (χ1) is 8.14. The Kier molecular flexibility index (Phi) is 2.59. The highest BCUT2D eigenvalue weighted by Gasteiger charge is 2.42. The van der Waals surface area contributed by atoms with E-state index >= 15 is 0 Å². The van der Waals surface area contributed by atoms with Crippen molar-refractivity contribution in [1.82, 2.24) is 15.5 Å². The molecule has 2 fully saturated rings. The highest BCUT2D eigenvalue weighted by Crippen LogP contribution is 2.34. The fourth-order valence-corrected chi connectivity index (χ4v) is 2.19. The lowest BCUT2D eigenvalue weighted by molar-refractivity contribution is 0.0200. The van der Waals surface area contributed by atoms with Crippen molar-refractivity contribution in [2.24, 2.45) is 0 Å². The second-order valence-corrected chi connectivity index (χ2v) is 4.49. The molecule has 17 heavy (non-hydrogen) atoms. The third-order valence-electron chi connectivity index (χ3n) is 3.08. The Hall–Kier alpha value is -1.08. The molecule has 0 spiro atoms. The molecule has 0 radical (unpaired) electrons. The van der Waals surface area contributed by atoms with Gasteiger partial charge in [0.2, 0.25) is 11.7 Å². The molecule has 1 aromatic rings. The number of rotatable bonds is 2. The first-order valence-electron chi connectivity index (χ1n) is 5.70. The monoisotopic (exact) mass is 245 g/mol. The first kappa shape index (κ1) is 11.0. The SMILES string of the molecule is FC1(F)CNC(c2nc(C3CCCO3)no2)C1. The van der Waals surface area contributed by atoms with Gasteiger partial charge in [-0.05, 0) is 12.8 Å². The van der Waals surface area contributed by atoms with Crippen LogP contribution in [0.25, 0.3) is 0 Å². The maximum atomic E-state index is 13.0. The Morgan fingerprint density at radius 1 is 1.41 bits per heavy atom. The Balaban J connectivity index is 1.72. The number of ether oxygens (including phenoxy) is 1. The molecule has 7 heteroatoms. The van der Waals surface area contributed by atoms with Crippen LogP contribution in [-0.4, -0.2) is 29.2 Å². The van der Waals surface area contributed by atoms with Crippen LogP contribution >= 0.6 is 0 Å². The minimum absolute atomic E-state index is 0.144. The molecule has 0 bridgehead atoms. The van der Waals surface area contributed by atoms with E-state index in [-0.39, 0.29) is 25.0 Å². The van der Waals surface area contributed by atoms with E-state index in [0.29, 0.717) is 12.4 Å². The summed E-state index contributed by atoms with van der Waals surface area (Å²) in [5, 5.41) is 6.47. The number of nitrogens with zero attached hydrogens (tertiary/aromatic N) is 2. The van der Waals surface area contributed by atoms with Gasteiger partial charge in [0.1, 0.15) is 6.10 Å². The molecule has 2 atom stereocenters. The molecule has 3 heterocycles. The lowest BCUT2D eigenvalue weighted by Gasteiger charge is -2.04. The van der Waals surface area contributed by atoms with Gasteiger partial charge in [-0.15, -0.1) is 0 Å². The van der Waals surface area contributed by atoms with E-state index in [4.69, 9.17) is 9.26 Å². The van der Waals surface area contributed by atoms with Gasteiger partial charge < -0.3 is 9.26 Å². The van der Waals surface area contributed by atoms with E-state index in [9.17, 15) is 8.78 Å². The normalized spacial score (nSPS) is 32.1. The highest BCUT2D eigenvalue weighted by molar-refractivity contribution is 5.01. The number of hydrogen-bond donors (Lipinski definition) is 1. The van der Waals surface area contributed by atoms with Gasteiger partial charge in [-0.1, -0.05) is 5.16 Å². The smallest absolute Gasteiger partial charge is 0.262 e. The van der Waals surface area contributed by atoms with Gasteiger partial charge in [-0.2, -0.15) is 4.98 Å². The number of aromatic nitrogens is 2. The van der Waals surface area contributed by atoms with Crippen LogP contribution in [0.15, 0.2) is 4.52 Å². The third-order valence-corrected chi connectivity index (χ3v) is 3.08. The largest absolute Gasteiger partial charge is 0.370 e. The maximum absolute atomic E-state index is 13.0. The van der Waals surface area contributed by atoms with Crippen LogP contribution in [0.2, 0.25) is 0 Å². The molecule has 5 nitrogen and oxygen atoms in total. The standard InChI is InChI=1S/C10H13F2N3O2/c11-10(12)4-6(13-5-10)9-14-8(15-17-9)7-2-1-3-16-7/h6-7,13H,1-5H2. The lowest BCUT2D eigenvalue weighted by Crippen LogP contribution is -2.19. The van der Waals surface area contributed by atoms with Crippen molar-refractivity contribution >= 4 is 0 Å². The van der Waals surface area contributed by atoms with Crippen LogP contribution in [0.4, 0.5) is 8.78 Å². The number of hydrogen-bond acceptors (Lipinski definition) is 5. The summed E-state index contributed by atoms with van der Waals surface area (Å²) < 4.78 is 36.4. The van der Waals surface area contributed by atoms with Gasteiger partial charge >= 0.3 is 0 Å². The molecule has 0 aromatic carbocycles. The second kappa shape index (κ2) is 3.99. The molecule has 2 aliphatic rings. The topological polar surface area (TPSA) is 60.2 Å². The Morgan fingerprint density at radius 2 is 2.29 bits per heavy atom. The van der Waals surface area contributed by atoms with Gasteiger partial charge in [-0.25, -0.2) is 8.78 Å². The Labute approximate surface area is 96.5 Å². The van der Waals surface area contributed by atoms with Gasteiger partial charge in [0.15, 0.2) is 0 Å². The molecule has 2 unspecified atom stereocenters. The molecule has 0 saturated carbocycles.